The van der Waals surface area contributed by atoms with E-state index >= 15 is 0 Å². The summed E-state index contributed by atoms with van der Waals surface area (Å²) >= 11 is 0. The molecule has 1 aromatic carbocycles. The van der Waals surface area contributed by atoms with E-state index in [2.05, 4.69) is 17.2 Å². The van der Waals surface area contributed by atoms with Crippen LogP contribution in [0.25, 0.3) is 5.57 Å². The molecule has 0 aromatic heterocycles. The van der Waals surface area contributed by atoms with Crippen LogP contribution in [0.3, 0.4) is 0 Å². The van der Waals surface area contributed by atoms with E-state index in [1.807, 2.05) is 44.2 Å². The van der Waals surface area contributed by atoms with Crippen LogP contribution < -0.4 is 10.6 Å². The zero-order chi connectivity index (χ0) is 13.6. The molecule has 0 spiro atoms. The first kappa shape index (κ1) is 14.5. The molecular formula is C15H22N2O. The smallest absolute Gasteiger partial charge is 0.226 e. The Kier molecular flexibility index (Phi) is 5.10. The summed E-state index contributed by atoms with van der Waals surface area (Å²) in [5.74, 6) is 0.0420. The minimum Gasteiger partial charge on any atom is -0.359 e. The van der Waals surface area contributed by atoms with E-state index in [-0.39, 0.29) is 5.91 Å². The van der Waals surface area contributed by atoms with Crippen molar-refractivity contribution < 1.29 is 4.79 Å². The van der Waals surface area contributed by atoms with Gasteiger partial charge in [-0.2, -0.15) is 0 Å². The van der Waals surface area contributed by atoms with Crippen molar-refractivity contribution in [2.45, 2.75) is 13.8 Å². The standard InChI is InChI=1S/C15H22N2O/c1-12(13-8-6-5-7-9-13)10-17-11-15(2,3)14(18)16-4/h5-9,17H,1,10-11H2,2-4H3,(H,16,18). The normalized spacial score (nSPS) is 11.1. The molecule has 1 rings (SSSR count). The molecule has 0 saturated heterocycles. The maximum atomic E-state index is 11.6. The third kappa shape index (κ3) is 4.00. The van der Waals surface area contributed by atoms with Gasteiger partial charge in [0.2, 0.25) is 5.91 Å². The summed E-state index contributed by atoms with van der Waals surface area (Å²) in [5, 5.41) is 5.95. The number of rotatable bonds is 6. The first-order chi connectivity index (χ1) is 8.47. The van der Waals surface area contributed by atoms with Gasteiger partial charge in [0.05, 0.1) is 5.41 Å². The molecule has 0 atom stereocenters. The average Bonchev–Trinajstić information content (AvgIpc) is 2.38. The summed E-state index contributed by atoms with van der Waals surface area (Å²) in [6, 6.07) is 10.0. The van der Waals surface area contributed by atoms with E-state index in [0.717, 1.165) is 11.1 Å². The predicted octanol–water partition coefficient (Wildman–Crippen LogP) is 2.06. The molecule has 98 valence electrons. The molecule has 0 radical (unpaired) electrons. The van der Waals surface area contributed by atoms with Crippen molar-refractivity contribution in [2.24, 2.45) is 5.41 Å². The summed E-state index contributed by atoms with van der Waals surface area (Å²) in [5.41, 5.74) is 1.75. The van der Waals surface area contributed by atoms with Gasteiger partial charge in [-0.05, 0) is 25.0 Å². The Morgan fingerprint density at radius 1 is 1.28 bits per heavy atom. The highest BCUT2D eigenvalue weighted by Crippen LogP contribution is 2.14. The molecule has 3 heteroatoms. The van der Waals surface area contributed by atoms with E-state index in [9.17, 15) is 4.79 Å². The van der Waals surface area contributed by atoms with Gasteiger partial charge in [-0.25, -0.2) is 0 Å². The van der Waals surface area contributed by atoms with Crippen LogP contribution in [-0.4, -0.2) is 26.0 Å². The van der Waals surface area contributed by atoms with Gasteiger partial charge in [-0.3, -0.25) is 4.79 Å². The van der Waals surface area contributed by atoms with Crippen LogP contribution in [0.2, 0.25) is 0 Å². The number of carbonyl (C=O) groups excluding carboxylic acids is 1. The zero-order valence-electron chi connectivity index (χ0n) is 11.4. The summed E-state index contributed by atoms with van der Waals surface area (Å²) in [7, 11) is 1.66. The van der Waals surface area contributed by atoms with Crippen LogP contribution >= 0.6 is 0 Å². The maximum Gasteiger partial charge on any atom is 0.226 e. The van der Waals surface area contributed by atoms with E-state index in [1.54, 1.807) is 7.05 Å². The average molecular weight is 246 g/mol. The van der Waals surface area contributed by atoms with Crippen LogP contribution in [0, 0.1) is 5.41 Å². The molecular weight excluding hydrogens is 224 g/mol. The molecule has 0 fully saturated rings. The Labute approximate surface area is 109 Å². The molecule has 0 unspecified atom stereocenters. The zero-order valence-corrected chi connectivity index (χ0v) is 11.4. The van der Waals surface area contributed by atoms with Crippen LogP contribution in [0.15, 0.2) is 36.9 Å². The van der Waals surface area contributed by atoms with Crippen molar-refractivity contribution >= 4 is 11.5 Å². The number of carbonyl (C=O) groups is 1. The second kappa shape index (κ2) is 6.36. The molecule has 18 heavy (non-hydrogen) atoms. The fourth-order valence-corrected chi connectivity index (χ4v) is 1.72. The fraction of sp³-hybridized carbons (Fsp3) is 0.400. The third-order valence-electron chi connectivity index (χ3n) is 2.93. The molecule has 0 bridgehead atoms. The monoisotopic (exact) mass is 246 g/mol. The lowest BCUT2D eigenvalue weighted by atomic mass is 9.92. The molecule has 0 aliphatic rings. The van der Waals surface area contributed by atoms with Crippen molar-refractivity contribution in [1.29, 1.82) is 0 Å². The molecule has 1 amide bonds. The molecule has 1 aromatic rings. The van der Waals surface area contributed by atoms with Gasteiger partial charge in [0, 0.05) is 20.1 Å². The number of amides is 1. The molecule has 3 nitrogen and oxygen atoms in total. The minimum atomic E-state index is -0.411. The number of hydrogen-bond donors (Lipinski definition) is 2. The quantitative estimate of drug-likeness (QED) is 0.806. The highest BCUT2D eigenvalue weighted by molar-refractivity contribution is 5.81. The topological polar surface area (TPSA) is 41.1 Å². The van der Waals surface area contributed by atoms with Gasteiger partial charge in [0.1, 0.15) is 0 Å². The Hall–Kier alpha value is -1.61. The summed E-state index contributed by atoms with van der Waals surface area (Å²) in [6.07, 6.45) is 0. The maximum absolute atomic E-state index is 11.6. The van der Waals surface area contributed by atoms with E-state index in [4.69, 9.17) is 0 Å². The van der Waals surface area contributed by atoms with Gasteiger partial charge in [-0.1, -0.05) is 36.9 Å². The van der Waals surface area contributed by atoms with Gasteiger partial charge < -0.3 is 10.6 Å². The molecule has 0 aliphatic carbocycles. The van der Waals surface area contributed by atoms with Crippen molar-refractivity contribution in [1.82, 2.24) is 10.6 Å². The lowest BCUT2D eigenvalue weighted by Crippen LogP contribution is -2.42. The van der Waals surface area contributed by atoms with Gasteiger partial charge in [-0.15, -0.1) is 0 Å². The van der Waals surface area contributed by atoms with Crippen molar-refractivity contribution in [3.05, 3.63) is 42.5 Å². The fourth-order valence-electron chi connectivity index (χ4n) is 1.72. The summed E-state index contributed by atoms with van der Waals surface area (Å²) in [6.45, 7) is 9.20. The van der Waals surface area contributed by atoms with E-state index in [1.165, 1.54) is 0 Å². The molecule has 0 saturated carbocycles. The van der Waals surface area contributed by atoms with E-state index < -0.39 is 5.41 Å². The highest BCUT2D eigenvalue weighted by atomic mass is 16.2. The second-order valence-electron chi connectivity index (χ2n) is 5.04. The van der Waals surface area contributed by atoms with Gasteiger partial charge in [0.15, 0.2) is 0 Å². The number of nitrogens with one attached hydrogen (secondary N) is 2. The second-order valence-corrected chi connectivity index (χ2v) is 5.04. The summed E-state index contributed by atoms with van der Waals surface area (Å²) < 4.78 is 0. The molecule has 2 N–H and O–H groups in total. The largest absolute Gasteiger partial charge is 0.359 e. The predicted molar refractivity (Wildman–Crippen MR) is 76.2 cm³/mol. The van der Waals surface area contributed by atoms with Crippen molar-refractivity contribution in [3.63, 3.8) is 0 Å². The number of hydrogen-bond acceptors (Lipinski definition) is 2. The first-order valence-electron chi connectivity index (χ1n) is 6.13. The Balaban J connectivity index is 2.43. The van der Waals surface area contributed by atoms with Crippen LogP contribution in [-0.2, 0) is 4.79 Å². The minimum absolute atomic E-state index is 0.0420. The summed E-state index contributed by atoms with van der Waals surface area (Å²) in [4.78, 5) is 11.6. The third-order valence-corrected chi connectivity index (χ3v) is 2.93. The molecule has 0 aliphatic heterocycles. The highest BCUT2D eigenvalue weighted by Gasteiger charge is 2.25. The first-order valence-corrected chi connectivity index (χ1v) is 6.13. The Bertz CT molecular complexity index is 410. The van der Waals surface area contributed by atoms with Gasteiger partial charge in [0.25, 0.3) is 0 Å². The van der Waals surface area contributed by atoms with Crippen molar-refractivity contribution in [2.75, 3.05) is 20.1 Å². The van der Waals surface area contributed by atoms with Gasteiger partial charge >= 0.3 is 0 Å². The van der Waals surface area contributed by atoms with Crippen LogP contribution in [0.4, 0.5) is 0 Å². The Morgan fingerprint density at radius 3 is 2.44 bits per heavy atom. The SMILES string of the molecule is C=C(CNCC(C)(C)C(=O)NC)c1ccccc1. The lowest BCUT2D eigenvalue weighted by Gasteiger charge is -2.23. The van der Waals surface area contributed by atoms with Crippen molar-refractivity contribution in [3.8, 4) is 0 Å². The van der Waals surface area contributed by atoms with Crippen LogP contribution in [0.1, 0.15) is 19.4 Å². The Morgan fingerprint density at radius 2 is 1.89 bits per heavy atom. The number of benzene rings is 1. The van der Waals surface area contributed by atoms with Crippen LogP contribution in [0.5, 0.6) is 0 Å². The lowest BCUT2D eigenvalue weighted by molar-refractivity contribution is -0.128. The van der Waals surface area contributed by atoms with E-state index in [0.29, 0.717) is 13.1 Å². The molecule has 0 heterocycles.